The highest BCUT2D eigenvalue weighted by Crippen LogP contribution is 2.20. The zero-order valence-corrected chi connectivity index (χ0v) is 10.7. The average molecular weight is 248 g/mol. The molecular weight excluding hydrogens is 228 g/mol. The number of rotatable bonds is 3. The molecule has 18 heavy (non-hydrogen) atoms. The van der Waals surface area contributed by atoms with Gasteiger partial charge in [-0.25, -0.2) is 0 Å². The van der Waals surface area contributed by atoms with Crippen LogP contribution in [0, 0.1) is 0 Å². The second-order valence-corrected chi connectivity index (χ2v) is 5.09. The smallest absolute Gasteiger partial charge is 0.242 e. The van der Waals surface area contributed by atoms with Crippen LogP contribution in [0.3, 0.4) is 0 Å². The van der Waals surface area contributed by atoms with Gasteiger partial charge in [-0.2, -0.15) is 0 Å². The summed E-state index contributed by atoms with van der Waals surface area (Å²) in [5.74, 6) is -0.144. The normalized spacial score (nSPS) is 25.4. The van der Waals surface area contributed by atoms with Crippen molar-refractivity contribution in [2.75, 3.05) is 13.2 Å². The molecule has 1 aromatic rings. The molecule has 1 heterocycles. The zero-order valence-electron chi connectivity index (χ0n) is 10.7. The van der Waals surface area contributed by atoms with Gasteiger partial charge in [0.05, 0.1) is 12.1 Å². The molecule has 0 spiro atoms. The SMILES string of the molecule is CC1(NC(=O)[C@H](N)c2ccccc2)CCCOC1. The number of nitrogens with two attached hydrogens (primary N) is 1. The highest BCUT2D eigenvalue weighted by molar-refractivity contribution is 5.83. The highest BCUT2D eigenvalue weighted by atomic mass is 16.5. The van der Waals surface area contributed by atoms with Crippen molar-refractivity contribution in [1.82, 2.24) is 5.32 Å². The van der Waals surface area contributed by atoms with E-state index in [1.165, 1.54) is 0 Å². The summed E-state index contributed by atoms with van der Waals surface area (Å²) in [6, 6.07) is 8.78. The van der Waals surface area contributed by atoms with E-state index in [-0.39, 0.29) is 11.4 Å². The highest BCUT2D eigenvalue weighted by Gasteiger charge is 2.31. The van der Waals surface area contributed by atoms with E-state index in [2.05, 4.69) is 5.32 Å². The first-order valence-electron chi connectivity index (χ1n) is 6.31. The van der Waals surface area contributed by atoms with Crippen molar-refractivity contribution in [2.24, 2.45) is 5.73 Å². The second kappa shape index (κ2) is 5.50. The van der Waals surface area contributed by atoms with Crippen LogP contribution in [0.4, 0.5) is 0 Å². The van der Waals surface area contributed by atoms with Crippen LogP contribution < -0.4 is 11.1 Å². The van der Waals surface area contributed by atoms with Crippen molar-refractivity contribution in [3.8, 4) is 0 Å². The van der Waals surface area contributed by atoms with E-state index in [1.807, 2.05) is 37.3 Å². The van der Waals surface area contributed by atoms with Crippen LogP contribution in [0.25, 0.3) is 0 Å². The van der Waals surface area contributed by atoms with Gasteiger partial charge >= 0.3 is 0 Å². The van der Waals surface area contributed by atoms with Gasteiger partial charge in [0.25, 0.3) is 0 Å². The first-order valence-corrected chi connectivity index (χ1v) is 6.31. The Labute approximate surface area is 108 Å². The molecule has 2 atom stereocenters. The minimum Gasteiger partial charge on any atom is -0.379 e. The summed E-state index contributed by atoms with van der Waals surface area (Å²) in [5.41, 5.74) is 6.50. The quantitative estimate of drug-likeness (QED) is 0.849. The average Bonchev–Trinajstić information content (AvgIpc) is 2.39. The first kappa shape index (κ1) is 13.1. The molecular formula is C14H20N2O2. The summed E-state index contributed by atoms with van der Waals surface area (Å²) >= 11 is 0. The maximum Gasteiger partial charge on any atom is 0.242 e. The summed E-state index contributed by atoms with van der Waals surface area (Å²) in [6.45, 7) is 3.33. The Kier molecular flexibility index (Phi) is 3.99. The van der Waals surface area contributed by atoms with Crippen LogP contribution in [0.5, 0.6) is 0 Å². The van der Waals surface area contributed by atoms with E-state index < -0.39 is 6.04 Å². The summed E-state index contributed by atoms with van der Waals surface area (Å²) in [4.78, 5) is 12.1. The van der Waals surface area contributed by atoms with Crippen LogP contribution >= 0.6 is 0 Å². The summed E-state index contributed by atoms with van der Waals surface area (Å²) in [6.07, 6.45) is 1.90. The minimum absolute atomic E-state index is 0.144. The number of benzene rings is 1. The Hall–Kier alpha value is -1.39. The van der Waals surface area contributed by atoms with E-state index in [0.717, 1.165) is 25.0 Å². The van der Waals surface area contributed by atoms with Gasteiger partial charge in [0, 0.05) is 6.61 Å². The maximum absolute atomic E-state index is 12.1. The predicted octanol–water partition coefficient (Wildman–Crippen LogP) is 1.37. The fourth-order valence-electron chi connectivity index (χ4n) is 2.22. The van der Waals surface area contributed by atoms with Gasteiger partial charge in [0.2, 0.25) is 5.91 Å². The molecule has 1 aliphatic rings. The largest absolute Gasteiger partial charge is 0.379 e. The number of amides is 1. The molecule has 1 unspecified atom stereocenters. The predicted molar refractivity (Wildman–Crippen MR) is 70.0 cm³/mol. The Morgan fingerprint density at radius 3 is 2.78 bits per heavy atom. The van der Waals surface area contributed by atoms with E-state index in [1.54, 1.807) is 0 Å². The molecule has 0 bridgehead atoms. The monoisotopic (exact) mass is 248 g/mol. The Balaban J connectivity index is 1.99. The lowest BCUT2D eigenvalue weighted by molar-refractivity contribution is -0.126. The second-order valence-electron chi connectivity index (χ2n) is 5.09. The molecule has 0 radical (unpaired) electrons. The van der Waals surface area contributed by atoms with Crippen LogP contribution in [-0.4, -0.2) is 24.7 Å². The molecule has 1 aromatic carbocycles. The van der Waals surface area contributed by atoms with Gasteiger partial charge < -0.3 is 15.8 Å². The number of carbonyl (C=O) groups is 1. The van der Waals surface area contributed by atoms with Crippen LogP contribution in [0.1, 0.15) is 31.4 Å². The Morgan fingerprint density at radius 1 is 1.44 bits per heavy atom. The first-order chi connectivity index (χ1) is 8.61. The maximum atomic E-state index is 12.1. The van der Waals surface area contributed by atoms with Crippen molar-refractivity contribution in [3.63, 3.8) is 0 Å². The Morgan fingerprint density at radius 2 is 2.17 bits per heavy atom. The van der Waals surface area contributed by atoms with Gasteiger partial charge in [0.1, 0.15) is 6.04 Å². The number of carbonyl (C=O) groups excluding carboxylic acids is 1. The summed E-state index contributed by atoms with van der Waals surface area (Å²) in [5, 5.41) is 3.00. The molecule has 2 rings (SSSR count). The molecule has 1 aliphatic heterocycles. The third-order valence-corrected chi connectivity index (χ3v) is 3.30. The van der Waals surface area contributed by atoms with Gasteiger partial charge in [-0.05, 0) is 25.3 Å². The molecule has 0 saturated carbocycles. The molecule has 1 amide bonds. The van der Waals surface area contributed by atoms with Gasteiger partial charge in [-0.1, -0.05) is 30.3 Å². The van der Waals surface area contributed by atoms with Crippen molar-refractivity contribution < 1.29 is 9.53 Å². The van der Waals surface area contributed by atoms with E-state index in [0.29, 0.717) is 6.61 Å². The standard InChI is InChI=1S/C14H20N2O2/c1-14(8-5-9-18-10-14)16-13(17)12(15)11-6-3-2-4-7-11/h2-4,6-7,12H,5,8-10,15H2,1H3,(H,16,17)/t12-,14?/m1/s1. The lowest BCUT2D eigenvalue weighted by Crippen LogP contribution is -2.53. The topological polar surface area (TPSA) is 64.4 Å². The van der Waals surface area contributed by atoms with Gasteiger partial charge in [-0.3, -0.25) is 4.79 Å². The van der Waals surface area contributed by atoms with E-state index in [9.17, 15) is 4.79 Å². The van der Waals surface area contributed by atoms with Gasteiger partial charge in [0.15, 0.2) is 0 Å². The molecule has 0 aliphatic carbocycles. The van der Waals surface area contributed by atoms with E-state index >= 15 is 0 Å². The summed E-state index contributed by atoms with van der Waals surface area (Å²) in [7, 11) is 0. The fourth-order valence-corrected chi connectivity index (χ4v) is 2.22. The number of hydrogen-bond donors (Lipinski definition) is 2. The van der Waals surface area contributed by atoms with Crippen LogP contribution in [0.2, 0.25) is 0 Å². The number of hydrogen-bond acceptors (Lipinski definition) is 3. The number of nitrogens with one attached hydrogen (secondary N) is 1. The molecule has 1 saturated heterocycles. The molecule has 0 aromatic heterocycles. The van der Waals surface area contributed by atoms with Crippen molar-refractivity contribution >= 4 is 5.91 Å². The molecule has 98 valence electrons. The molecule has 3 N–H and O–H groups in total. The van der Waals surface area contributed by atoms with Crippen molar-refractivity contribution in [3.05, 3.63) is 35.9 Å². The Bertz CT molecular complexity index is 400. The number of ether oxygens (including phenoxy) is 1. The molecule has 4 heteroatoms. The lowest BCUT2D eigenvalue weighted by atomic mass is 9.94. The zero-order chi connectivity index (χ0) is 13.0. The molecule has 4 nitrogen and oxygen atoms in total. The third kappa shape index (κ3) is 3.09. The summed E-state index contributed by atoms with van der Waals surface area (Å²) < 4.78 is 5.42. The van der Waals surface area contributed by atoms with Crippen molar-refractivity contribution in [2.45, 2.75) is 31.3 Å². The van der Waals surface area contributed by atoms with Crippen LogP contribution in [-0.2, 0) is 9.53 Å². The van der Waals surface area contributed by atoms with E-state index in [4.69, 9.17) is 10.5 Å². The minimum atomic E-state index is -0.620. The fraction of sp³-hybridized carbons (Fsp3) is 0.500. The van der Waals surface area contributed by atoms with Gasteiger partial charge in [-0.15, -0.1) is 0 Å². The third-order valence-electron chi connectivity index (χ3n) is 3.30. The van der Waals surface area contributed by atoms with Crippen molar-refractivity contribution in [1.29, 1.82) is 0 Å². The molecule has 1 fully saturated rings. The lowest BCUT2D eigenvalue weighted by Gasteiger charge is -2.35. The van der Waals surface area contributed by atoms with Crippen LogP contribution in [0.15, 0.2) is 30.3 Å².